The SMILES string of the molecule is CCOc1ccc(CN2CCN(C(=O)c3ccc(-c4ccc(F)cc4)o3)CC2)cc1. The van der Waals surface area contributed by atoms with Gasteiger partial charge in [0.25, 0.3) is 5.91 Å². The Morgan fingerprint density at radius 3 is 2.33 bits per heavy atom. The van der Waals surface area contributed by atoms with E-state index in [9.17, 15) is 9.18 Å². The van der Waals surface area contributed by atoms with Crippen molar-refractivity contribution in [1.29, 1.82) is 0 Å². The Balaban J connectivity index is 1.31. The van der Waals surface area contributed by atoms with E-state index in [0.717, 1.165) is 30.9 Å². The number of ether oxygens (including phenoxy) is 1. The first kappa shape index (κ1) is 20.2. The molecule has 3 aromatic rings. The number of amides is 1. The molecule has 1 aliphatic heterocycles. The van der Waals surface area contributed by atoms with Crippen LogP contribution in [0.15, 0.2) is 65.1 Å². The first-order chi connectivity index (χ1) is 14.6. The van der Waals surface area contributed by atoms with Gasteiger partial charge in [-0.2, -0.15) is 0 Å². The van der Waals surface area contributed by atoms with Gasteiger partial charge in [0, 0.05) is 38.3 Å². The van der Waals surface area contributed by atoms with Crippen LogP contribution in [0.1, 0.15) is 23.0 Å². The third-order valence-electron chi connectivity index (χ3n) is 5.25. The first-order valence-electron chi connectivity index (χ1n) is 10.2. The Morgan fingerprint density at radius 1 is 0.967 bits per heavy atom. The van der Waals surface area contributed by atoms with Crippen LogP contribution in [-0.4, -0.2) is 48.5 Å². The Hall–Kier alpha value is -3.12. The summed E-state index contributed by atoms with van der Waals surface area (Å²) in [6.45, 7) is 6.42. The number of carbonyl (C=O) groups is 1. The van der Waals surface area contributed by atoms with Crippen molar-refractivity contribution in [2.45, 2.75) is 13.5 Å². The predicted molar refractivity (Wildman–Crippen MR) is 113 cm³/mol. The lowest BCUT2D eigenvalue weighted by atomic mass is 10.2. The Labute approximate surface area is 175 Å². The minimum Gasteiger partial charge on any atom is -0.494 e. The molecule has 4 rings (SSSR count). The van der Waals surface area contributed by atoms with Crippen molar-refractivity contribution in [3.8, 4) is 17.1 Å². The molecule has 156 valence electrons. The van der Waals surface area contributed by atoms with Crippen molar-refractivity contribution in [2.75, 3.05) is 32.8 Å². The highest BCUT2D eigenvalue weighted by Gasteiger charge is 2.24. The quantitative estimate of drug-likeness (QED) is 0.605. The molecule has 0 spiro atoms. The van der Waals surface area contributed by atoms with Crippen molar-refractivity contribution in [3.63, 3.8) is 0 Å². The second-order valence-electron chi connectivity index (χ2n) is 7.32. The van der Waals surface area contributed by atoms with E-state index in [1.54, 1.807) is 24.3 Å². The Morgan fingerprint density at radius 2 is 1.67 bits per heavy atom. The fraction of sp³-hybridized carbons (Fsp3) is 0.292. The molecule has 0 atom stereocenters. The minimum absolute atomic E-state index is 0.107. The molecular weight excluding hydrogens is 383 g/mol. The molecule has 1 aliphatic rings. The largest absolute Gasteiger partial charge is 0.494 e. The van der Waals surface area contributed by atoms with Crippen LogP contribution in [0.4, 0.5) is 4.39 Å². The van der Waals surface area contributed by atoms with Crippen LogP contribution < -0.4 is 4.74 Å². The van der Waals surface area contributed by atoms with Crippen LogP contribution in [0.5, 0.6) is 5.75 Å². The van der Waals surface area contributed by atoms with Crippen LogP contribution >= 0.6 is 0 Å². The topological polar surface area (TPSA) is 45.9 Å². The van der Waals surface area contributed by atoms with Gasteiger partial charge in [0.1, 0.15) is 17.3 Å². The van der Waals surface area contributed by atoms with Crippen LogP contribution in [0, 0.1) is 5.82 Å². The van der Waals surface area contributed by atoms with E-state index in [1.807, 2.05) is 24.0 Å². The second kappa shape index (κ2) is 9.13. The zero-order valence-corrected chi connectivity index (χ0v) is 17.0. The smallest absolute Gasteiger partial charge is 0.289 e. The highest BCUT2D eigenvalue weighted by molar-refractivity contribution is 5.92. The predicted octanol–water partition coefficient (Wildman–Crippen LogP) is 4.44. The number of furan rings is 1. The number of benzene rings is 2. The number of rotatable bonds is 6. The molecule has 1 fully saturated rings. The van der Waals surface area contributed by atoms with Crippen molar-refractivity contribution < 1.29 is 18.3 Å². The van der Waals surface area contributed by atoms with Crippen LogP contribution in [0.2, 0.25) is 0 Å². The first-order valence-corrected chi connectivity index (χ1v) is 10.2. The fourth-order valence-corrected chi connectivity index (χ4v) is 3.60. The molecule has 0 N–H and O–H groups in total. The lowest BCUT2D eigenvalue weighted by molar-refractivity contribution is 0.0598. The molecule has 30 heavy (non-hydrogen) atoms. The van der Waals surface area contributed by atoms with E-state index < -0.39 is 0 Å². The van der Waals surface area contributed by atoms with Gasteiger partial charge in [-0.15, -0.1) is 0 Å². The van der Waals surface area contributed by atoms with Gasteiger partial charge >= 0.3 is 0 Å². The molecule has 0 saturated carbocycles. The normalized spacial score (nSPS) is 14.7. The number of piperazine rings is 1. The highest BCUT2D eigenvalue weighted by atomic mass is 19.1. The molecular formula is C24H25FN2O3. The van der Waals surface area contributed by atoms with Gasteiger partial charge in [0.15, 0.2) is 5.76 Å². The molecule has 6 heteroatoms. The molecule has 0 radical (unpaired) electrons. The number of carbonyl (C=O) groups excluding carboxylic acids is 1. The van der Waals surface area contributed by atoms with Gasteiger partial charge in [-0.25, -0.2) is 4.39 Å². The summed E-state index contributed by atoms with van der Waals surface area (Å²) in [6, 6.07) is 17.6. The van der Waals surface area contributed by atoms with Gasteiger partial charge in [-0.05, 0) is 61.0 Å². The maximum absolute atomic E-state index is 13.1. The number of hydrogen-bond acceptors (Lipinski definition) is 4. The van der Waals surface area contributed by atoms with E-state index in [0.29, 0.717) is 31.2 Å². The van der Waals surface area contributed by atoms with Gasteiger partial charge in [-0.3, -0.25) is 9.69 Å². The molecule has 1 saturated heterocycles. The van der Waals surface area contributed by atoms with Gasteiger partial charge in [0.2, 0.25) is 0 Å². The second-order valence-corrected chi connectivity index (χ2v) is 7.32. The number of halogens is 1. The summed E-state index contributed by atoms with van der Waals surface area (Å²) in [5.41, 5.74) is 1.98. The van der Waals surface area contributed by atoms with Crippen molar-refractivity contribution in [2.24, 2.45) is 0 Å². The standard InChI is InChI=1S/C24H25FN2O3/c1-2-29-21-9-3-18(4-10-21)17-26-13-15-27(16-14-26)24(28)23-12-11-22(30-23)19-5-7-20(25)8-6-19/h3-12H,2,13-17H2,1H3. The van der Waals surface area contributed by atoms with Gasteiger partial charge < -0.3 is 14.1 Å². The Bertz CT molecular complexity index is 974. The average Bonchev–Trinajstić information content (AvgIpc) is 3.26. The number of nitrogens with zero attached hydrogens (tertiary/aromatic N) is 2. The van der Waals surface area contributed by atoms with E-state index in [4.69, 9.17) is 9.15 Å². The van der Waals surface area contributed by atoms with Crippen molar-refractivity contribution in [3.05, 3.63) is 77.8 Å². The molecule has 0 unspecified atom stereocenters. The average molecular weight is 408 g/mol. The zero-order valence-electron chi connectivity index (χ0n) is 17.0. The molecule has 1 aromatic heterocycles. The summed E-state index contributed by atoms with van der Waals surface area (Å²) in [6.07, 6.45) is 0. The Kier molecular flexibility index (Phi) is 6.14. The van der Waals surface area contributed by atoms with E-state index >= 15 is 0 Å². The monoisotopic (exact) mass is 408 g/mol. The van der Waals surface area contributed by atoms with Crippen LogP contribution in [0.3, 0.4) is 0 Å². The summed E-state index contributed by atoms with van der Waals surface area (Å²) in [5.74, 6) is 1.35. The molecule has 0 bridgehead atoms. The fourth-order valence-electron chi connectivity index (χ4n) is 3.60. The van der Waals surface area contributed by atoms with Crippen molar-refractivity contribution in [1.82, 2.24) is 9.80 Å². The van der Waals surface area contributed by atoms with Crippen LogP contribution in [0.25, 0.3) is 11.3 Å². The van der Waals surface area contributed by atoms with Gasteiger partial charge in [0.05, 0.1) is 6.61 Å². The summed E-state index contributed by atoms with van der Waals surface area (Å²) in [4.78, 5) is 17.0. The molecule has 2 heterocycles. The summed E-state index contributed by atoms with van der Waals surface area (Å²) >= 11 is 0. The van der Waals surface area contributed by atoms with E-state index in [1.165, 1.54) is 17.7 Å². The zero-order chi connectivity index (χ0) is 20.9. The summed E-state index contributed by atoms with van der Waals surface area (Å²) < 4.78 is 24.3. The third kappa shape index (κ3) is 4.71. The van der Waals surface area contributed by atoms with Gasteiger partial charge in [-0.1, -0.05) is 12.1 Å². The molecule has 2 aromatic carbocycles. The lowest BCUT2D eigenvalue weighted by Crippen LogP contribution is -2.48. The minimum atomic E-state index is -0.301. The lowest BCUT2D eigenvalue weighted by Gasteiger charge is -2.34. The molecule has 1 amide bonds. The van der Waals surface area contributed by atoms with Crippen LogP contribution in [-0.2, 0) is 6.54 Å². The maximum Gasteiger partial charge on any atom is 0.289 e. The van der Waals surface area contributed by atoms with E-state index in [-0.39, 0.29) is 11.7 Å². The highest BCUT2D eigenvalue weighted by Crippen LogP contribution is 2.23. The third-order valence-corrected chi connectivity index (χ3v) is 5.25. The maximum atomic E-state index is 13.1. The van der Waals surface area contributed by atoms with Crippen molar-refractivity contribution >= 4 is 5.91 Å². The summed E-state index contributed by atoms with van der Waals surface area (Å²) in [5, 5.41) is 0. The summed E-state index contributed by atoms with van der Waals surface area (Å²) in [7, 11) is 0. The molecule has 0 aliphatic carbocycles. The number of hydrogen-bond donors (Lipinski definition) is 0. The molecule has 5 nitrogen and oxygen atoms in total. The van der Waals surface area contributed by atoms with E-state index in [2.05, 4.69) is 17.0 Å².